The van der Waals surface area contributed by atoms with Crippen LogP contribution in [0.2, 0.25) is 0 Å². The number of nitrogens with one attached hydrogen (secondary N) is 1. The molecule has 0 spiro atoms. The lowest BCUT2D eigenvalue weighted by Gasteiger charge is -2.37. The number of likely N-dealkylation sites (tertiary alicyclic amines) is 1. The van der Waals surface area contributed by atoms with Gasteiger partial charge in [-0.3, -0.25) is 0 Å². The van der Waals surface area contributed by atoms with E-state index in [2.05, 4.69) is 22.1 Å². The Bertz CT molecular complexity index is 485. The summed E-state index contributed by atoms with van der Waals surface area (Å²) < 4.78 is 0. The summed E-state index contributed by atoms with van der Waals surface area (Å²) in [6.45, 7) is 4.97. The van der Waals surface area contributed by atoms with Crippen molar-refractivity contribution in [1.29, 1.82) is 0 Å². The lowest BCUT2D eigenvalue weighted by atomic mass is 10.0. The number of pyridine rings is 1. The molecule has 22 heavy (non-hydrogen) atoms. The van der Waals surface area contributed by atoms with Crippen molar-refractivity contribution >= 4 is 11.8 Å². The van der Waals surface area contributed by atoms with Crippen LogP contribution in [-0.4, -0.2) is 47.6 Å². The van der Waals surface area contributed by atoms with E-state index in [1.54, 1.807) is 0 Å². The van der Waals surface area contributed by atoms with E-state index in [1.165, 1.54) is 6.42 Å². The maximum atomic E-state index is 12.4. The van der Waals surface area contributed by atoms with Crippen molar-refractivity contribution in [3.05, 3.63) is 24.4 Å². The average Bonchev–Trinajstić information content (AvgIpc) is 2.57. The summed E-state index contributed by atoms with van der Waals surface area (Å²) in [5, 5.41) is 3.23. The molecule has 1 aromatic rings. The molecule has 2 aliphatic heterocycles. The highest BCUT2D eigenvalue weighted by molar-refractivity contribution is 5.75. The first-order chi connectivity index (χ1) is 10.7. The number of urea groups is 1. The van der Waals surface area contributed by atoms with Gasteiger partial charge in [0.25, 0.3) is 0 Å². The maximum Gasteiger partial charge on any atom is 0.317 e. The van der Waals surface area contributed by atoms with Crippen LogP contribution in [0.15, 0.2) is 24.4 Å². The van der Waals surface area contributed by atoms with E-state index in [1.807, 2.05) is 29.3 Å². The molecule has 2 aliphatic rings. The number of aromatic nitrogens is 1. The number of piperidine rings is 2. The van der Waals surface area contributed by atoms with Crippen LogP contribution in [0.1, 0.15) is 39.0 Å². The number of carbonyl (C=O) groups is 1. The second-order valence-corrected chi connectivity index (χ2v) is 6.44. The molecule has 120 valence electrons. The van der Waals surface area contributed by atoms with E-state index < -0.39 is 0 Å². The smallest absolute Gasteiger partial charge is 0.317 e. The van der Waals surface area contributed by atoms with E-state index in [-0.39, 0.29) is 6.03 Å². The van der Waals surface area contributed by atoms with E-state index >= 15 is 0 Å². The van der Waals surface area contributed by atoms with Crippen molar-refractivity contribution in [3.8, 4) is 0 Å². The number of nitrogens with zero attached hydrogens (tertiary/aromatic N) is 3. The number of carbonyl (C=O) groups excluding carboxylic acids is 1. The van der Waals surface area contributed by atoms with E-state index in [4.69, 9.17) is 0 Å². The summed E-state index contributed by atoms with van der Waals surface area (Å²) in [6, 6.07) is 6.81. The quantitative estimate of drug-likeness (QED) is 0.913. The first kappa shape index (κ1) is 15.1. The lowest BCUT2D eigenvalue weighted by molar-refractivity contribution is 0.153. The van der Waals surface area contributed by atoms with Crippen molar-refractivity contribution < 1.29 is 4.79 Å². The molecule has 0 saturated carbocycles. The summed E-state index contributed by atoms with van der Waals surface area (Å²) in [6.07, 6.45) is 7.32. The van der Waals surface area contributed by atoms with Crippen LogP contribution in [0.4, 0.5) is 10.6 Å². The zero-order chi connectivity index (χ0) is 15.4. The molecule has 1 aromatic heterocycles. The molecule has 2 saturated heterocycles. The highest BCUT2D eigenvalue weighted by Crippen LogP contribution is 2.19. The fourth-order valence-corrected chi connectivity index (χ4v) is 3.45. The summed E-state index contributed by atoms with van der Waals surface area (Å²) >= 11 is 0. The highest BCUT2D eigenvalue weighted by atomic mass is 16.2. The second-order valence-electron chi connectivity index (χ2n) is 6.44. The van der Waals surface area contributed by atoms with Crippen molar-refractivity contribution in [3.63, 3.8) is 0 Å². The van der Waals surface area contributed by atoms with Gasteiger partial charge in [-0.1, -0.05) is 6.07 Å². The molecular weight excluding hydrogens is 276 g/mol. The van der Waals surface area contributed by atoms with Gasteiger partial charge in [0.1, 0.15) is 5.82 Å². The lowest BCUT2D eigenvalue weighted by Crippen LogP contribution is -2.52. The maximum absolute atomic E-state index is 12.4. The fraction of sp³-hybridized carbons (Fsp3) is 0.647. The molecule has 1 N–H and O–H groups in total. The Morgan fingerprint density at radius 3 is 2.68 bits per heavy atom. The second kappa shape index (κ2) is 6.99. The molecule has 3 rings (SSSR count). The third-order valence-corrected chi connectivity index (χ3v) is 4.86. The molecule has 0 aromatic carbocycles. The van der Waals surface area contributed by atoms with Gasteiger partial charge in [0.2, 0.25) is 0 Å². The summed E-state index contributed by atoms with van der Waals surface area (Å²) in [4.78, 5) is 21.1. The molecule has 5 nitrogen and oxygen atoms in total. The predicted molar refractivity (Wildman–Crippen MR) is 88.0 cm³/mol. The molecule has 5 heteroatoms. The Kier molecular flexibility index (Phi) is 4.80. The minimum absolute atomic E-state index is 0.128. The minimum atomic E-state index is 0.128. The largest absolute Gasteiger partial charge is 0.356 e. The SMILES string of the molecule is CC1CCCCN1C(=O)NC1CCN(c2ccccn2)CC1. The number of anilines is 1. The topological polar surface area (TPSA) is 48.5 Å². The Morgan fingerprint density at radius 2 is 2.00 bits per heavy atom. The normalized spacial score (nSPS) is 23.4. The molecule has 0 bridgehead atoms. The molecule has 3 heterocycles. The van der Waals surface area contributed by atoms with E-state index in [0.717, 1.165) is 51.1 Å². The zero-order valence-corrected chi connectivity index (χ0v) is 13.4. The van der Waals surface area contributed by atoms with Gasteiger partial charge in [0.15, 0.2) is 0 Å². The molecule has 0 radical (unpaired) electrons. The molecule has 2 amide bonds. The first-order valence-electron chi connectivity index (χ1n) is 8.47. The van der Waals surface area contributed by atoms with Gasteiger partial charge in [-0.2, -0.15) is 0 Å². The number of amides is 2. The molecule has 0 aliphatic carbocycles. The van der Waals surface area contributed by atoms with Gasteiger partial charge in [-0.05, 0) is 51.2 Å². The van der Waals surface area contributed by atoms with Crippen molar-refractivity contribution in [2.75, 3.05) is 24.5 Å². The third-order valence-electron chi connectivity index (χ3n) is 4.86. The van der Waals surface area contributed by atoms with Crippen LogP contribution < -0.4 is 10.2 Å². The van der Waals surface area contributed by atoms with E-state index in [0.29, 0.717) is 12.1 Å². The monoisotopic (exact) mass is 302 g/mol. The Hall–Kier alpha value is -1.78. The first-order valence-corrected chi connectivity index (χ1v) is 8.47. The van der Waals surface area contributed by atoms with Crippen LogP contribution in [0, 0.1) is 0 Å². The van der Waals surface area contributed by atoms with Crippen LogP contribution in [0.5, 0.6) is 0 Å². The molecule has 1 atom stereocenters. The predicted octanol–water partition coefficient (Wildman–Crippen LogP) is 2.63. The van der Waals surface area contributed by atoms with E-state index in [9.17, 15) is 4.79 Å². The van der Waals surface area contributed by atoms with Gasteiger partial charge in [0.05, 0.1) is 0 Å². The van der Waals surface area contributed by atoms with Crippen molar-refractivity contribution in [1.82, 2.24) is 15.2 Å². The molecule has 1 unspecified atom stereocenters. The molecular formula is C17H26N4O. The van der Waals surface area contributed by atoms with Crippen LogP contribution in [0.3, 0.4) is 0 Å². The minimum Gasteiger partial charge on any atom is -0.356 e. The van der Waals surface area contributed by atoms with Gasteiger partial charge in [-0.25, -0.2) is 9.78 Å². The number of hydrogen-bond acceptors (Lipinski definition) is 3. The highest BCUT2D eigenvalue weighted by Gasteiger charge is 2.27. The fourth-order valence-electron chi connectivity index (χ4n) is 3.45. The number of hydrogen-bond donors (Lipinski definition) is 1. The van der Waals surface area contributed by atoms with Gasteiger partial charge >= 0.3 is 6.03 Å². The van der Waals surface area contributed by atoms with Gasteiger partial charge in [-0.15, -0.1) is 0 Å². The van der Waals surface area contributed by atoms with Crippen molar-refractivity contribution in [2.24, 2.45) is 0 Å². The van der Waals surface area contributed by atoms with Gasteiger partial charge in [0, 0.05) is 37.9 Å². The summed E-state index contributed by atoms with van der Waals surface area (Å²) in [5.41, 5.74) is 0. The Morgan fingerprint density at radius 1 is 1.18 bits per heavy atom. The molecule has 2 fully saturated rings. The van der Waals surface area contributed by atoms with Crippen LogP contribution in [-0.2, 0) is 0 Å². The average molecular weight is 302 g/mol. The number of rotatable bonds is 2. The Balaban J connectivity index is 1.48. The zero-order valence-electron chi connectivity index (χ0n) is 13.4. The van der Waals surface area contributed by atoms with Crippen LogP contribution >= 0.6 is 0 Å². The summed E-state index contributed by atoms with van der Waals surface area (Å²) in [7, 11) is 0. The van der Waals surface area contributed by atoms with Crippen LogP contribution in [0.25, 0.3) is 0 Å². The third kappa shape index (κ3) is 3.51. The standard InChI is InChI=1S/C17H26N4O/c1-14-6-3-5-11-21(14)17(22)19-15-8-12-20(13-9-15)16-7-2-4-10-18-16/h2,4,7,10,14-15H,3,5-6,8-9,11-13H2,1H3,(H,19,22). The van der Waals surface area contributed by atoms with Crippen molar-refractivity contribution in [2.45, 2.75) is 51.1 Å². The summed E-state index contributed by atoms with van der Waals surface area (Å²) in [5.74, 6) is 1.04. The Labute approximate surface area is 132 Å². The van der Waals surface area contributed by atoms with Gasteiger partial charge < -0.3 is 15.1 Å².